The van der Waals surface area contributed by atoms with Crippen LogP contribution in [-0.4, -0.2) is 28.9 Å². The molecule has 0 saturated heterocycles. The van der Waals surface area contributed by atoms with Crippen molar-refractivity contribution in [1.82, 2.24) is 10.6 Å². The first kappa shape index (κ1) is 19.0. The van der Waals surface area contributed by atoms with E-state index in [4.69, 9.17) is 0 Å². The molecule has 1 aromatic carbocycles. The van der Waals surface area contributed by atoms with Crippen LogP contribution in [0.2, 0.25) is 0 Å². The van der Waals surface area contributed by atoms with E-state index >= 15 is 0 Å². The number of rotatable bonds is 6. The molecule has 25 heavy (non-hydrogen) atoms. The highest BCUT2D eigenvalue weighted by Gasteiger charge is 2.29. The van der Waals surface area contributed by atoms with Crippen LogP contribution in [-0.2, 0) is 14.4 Å². The lowest BCUT2D eigenvalue weighted by molar-refractivity contribution is -0.142. The molecule has 0 heterocycles. The maximum absolute atomic E-state index is 12.4. The Balaban J connectivity index is 2.05. The fraction of sp³-hybridized carbons (Fsp3) is 0.526. The van der Waals surface area contributed by atoms with Gasteiger partial charge < -0.3 is 15.7 Å². The van der Waals surface area contributed by atoms with Gasteiger partial charge >= 0.3 is 5.97 Å². The molecule has 1 saturated carbocycles. The van der Waals surface area contributed by atoms with Gasteiger partial charge in [0.25, 0.3) is 0 Å². The second-order valence-corrected chi connectivity index (χ2v) is 6.78. The Morgan fingerprint density at radius 1 is 1.12 bits per heavy atom. The molecule has 0 bridgehead atoms. The van der Waals surface area contributed by atoms with Gasteiger partial charge in [-0.2, -0.15) is 0 Å². The number of carboxylic acids is 1. The lowest BCUT2D eigenvalue weighted by atomic mass is 9.97. The van der Waals surface area contributed by atoms with E-state index < -0.39 is 24.0 Å². The predicted octanol–water partition coefficient (Wildman–Crippen LogP) is 2.24. The van der Waals surface area contributed by atoms with E-state index in [-0.39, 0.29) is 11.8 Å². The third-order valence-corrected chi connectivity index (χ3v) is 4.97. The van der Waals surface area contributed by atoms with Gasteiger partial charge in [0, 0.05) is 5.92 Å². The molecule has 2 unspecified atom stereocenters. The Labute approximate surface area is 148 Å². The number of aryl methyl sites for hydroxylation is 1. The minimum Gasteiger partial charge on any atom is -0.479 e. The number of carboxylic acid groups (broad SMARTS) is 1. The maximum Gasteiger partial charge on any atom is 0.330 e. The lowest BCUT2D eigenvalue weighted by Gasteiger charge is -2.22. The molecule has 136 valence electrons. The Kier molecular flexibility index (Phi) is 6.17. The Morgan fingerprint density at radius 2 is 1.76 bits per heavy atom. The zero-order valence-electron chi connectivity index (χ0n) is 15.0. The van der Waals surface area contributed by atoms with E-state index in [9.17, 15) is 19.5 Å². The quantitative estimate of drug-likeness (QED) is 0.736. The summed E-state index contributed by atoms with van der Waals surface area (Å²) in [5.74, 6) is -1.79. The van der Waals surface area contributed by atoms with E-state index in [0.717, 1.165) is 36.8 Å². The summed E-state index contributed by atoms with van der Waals surface area (Å²) in [5, 5.41) is 14.8. The van der Waals surface area contributed by atoms with Crippen molar-refractivity contribution in [2.45, 2.75) is 58.5 Å². The number of nitrogens with one attached hydrogen (secondary N) is 2. The second kappa shape index (κ2) is 8.14. The molecule has 3 N–H and O–H groups in total. The van der Waals surface area contributed by atoms with Gasteiger partial charge in [-0.3, -0.25) is 9.59 Å². The van der Waals surface area contributed by atoms with E-state index in [1.807, 2.05) is 19.9 Å². The number of carbonyl (C=O) groups excluding carboxylic acids is 2. The predicted molar refractivity (Wildman–Crippen MR) is 94.0 cm³/mol. The highest BCUT2D eigenvalue weighted by molar-refractivity contribution is 5.91. The summed E-state index contributed by atoms with van der Waals surface area (Å²) < 4.78 is 0. The van der Waals surface area contributed by atoms with E-state index in [1.54, 1.807) is 19.1 Å². The van der Waals surface area contributed by atoms with Gasteiger partial charge in [0.2, 0.25) is 11.8 Å². The van der Waals surface area contributed by atoms with Crippen molar-refractivity contribution in [2.75, 3.05) is 0 Å². The number of carbonyl (C=O) groups is 3. The molecule has 6 nitrogen and oxygen atoms in total. The topological polar surface area (TPSA) is 95.5 Å². The number of amides is 2. The van der Waals surface area contributed by atoms with Crippen molar-refractivity contribution in [2.24, 2.45) is 5.92 Å². The minimum atomic E-state index is -1.14. The maximum atomic E-state index is 12.4. The van der Waals surface area contributed by atoms with Crippen LogP contribution in [0.3, 0.4) is 0 Å². The van der Waals surface area contributed by atoms with Gasteiger partial charge in [-0.15, -0.1) is 0 Å². The first-order valence-corrected chi connectivity index (χ1v) is 8.71. The van der Waals surface area contributed by atoms with Crippen molar-refractivity contribution >= 4 is 17.8 Å². The van der Waals surface area contributed by atoms with Gasteiger partial charge in [0.15, 0.2) is 6.04 Å². The first-order valence-electron chi connectivity index (χ1n) is 8.71. The van der Waals surface area contributed by atoms with Crippen LogP contribution in [0.15, 0.2) is 18.2 Å². The summed E-state index contributed by atoms with van der Waals surface area (Å²) in [4.78, 5) is 36.2. The number of hydrogen-bond acceptors (Lipinski definition) is 3. The smallest absolute Gasteiger partial charge is 0.330 e. The third-order valence-electron chi connectivity index (χ3n) is 4.97. The van der Waals surface area contributed by atoms with Crippen molar-refractivity contribution in [3.8, 4) is 0 Å². The standard InChI is InChI=1S/C19H26N2O4/c1-11-7-6-10-15(12(11)2)16(19(24)25)21-17(22)13(3)20-18(23)14-8-4-5-9-14/h6-7,10,13-14,16H,4-5,8-9H2,1-3H3,(H,20,23)(H,21,22)(H,24,25). The highest BCUT2D eigenvalue weighted by Crippen LogP contribution is 2.25. The average molecular weight is 346 g/mol. The van der Waals surface area contributed by atoms with Crippen molar-refractivity contribution in [3.63, 3.8) is 0 Å². The third kappa shape index (κ3) is 4.59. The van der Waals surface area contributed by atoms with Crippen LogP contribution in [0.5, 0.6) is 0 Å². The fourth-order valence-corrected chi connectivity index (χ4v) is 3.21. The van der Waals surface area contributed by atoms with E-state index in [1.165, 1.54) is 0 Å². The minimum absolute atomic E-state index is 0.0375. The number of aliphatic carboxylic acids is 1. The Hall–Kier alpha value is -2.37. The first-order chi connectivity index (χ1) is 11.8. The molecule has 0 spiro atoms. The van der Waals surface area contributed by atoms with Crippen LogP contribution >= 0.6 is 0 Å². The second-order valence-electron chi connectivity index (χ2n) is 6.78. The number of benzene rings is 1. The van der Waals surface area contributed by atoms with Gasteiger partial charge in [0.05, 0.1) is 0 Å². The monoisotopic (exact) mass is 346 g/mol. The van der Waals surface area contributed by atoms with Gasteiger partial charge in [-0.25, -0.2) is 4.79 Å². The molecule has 0 aromatic heterocycles. The highest BCUT2D eigenvalue weighted by atomic mass is 16.4. The fourth-order valence-electron chi connectivity index (χ4n) is 3.21. The van der Waals surface area contributed by atoms with Crippen LogP contribution < -0.4 is 10.6 Å². The normalized spacial score (nSPS) is 16.9. The molecule has 1 aliphatic carbocycles. The van der Waals surface area contributed by atoms with Crippen LogP contribution in [0.1, 0.15) is 55.3 Å². The van der Waals surface area contributed by atoms with E-state index in [2.05, 4.69) is 10.6 Å². The molecule has 2 atom stereocenters. The molecule has 2 amide bonds. The van der Waals surface area contributed by atoms with Crippen LogP contribution in [0, 0.1) is 19.8 Å². The average Bonchev–Trinajstić information content (AvgIpc) is 3.09. The zero-order chi connectivity index (χ0) is 18.6. The summed E-state index contributed by atoms with van der Waals surface area (Å²) in [5.41, 5.74) is 2.34. The Morgan fingerprint density at radius 3 is 2.36 bits per heavy atom. The molecular formula is C19H26N2O4. The van der Waals surface area contributed by atoms with Crippen LogP contribution in [0.4, 0.5) is 0 Å². The van der Waals surface area contributed by atoms with Gasteiger partial charge in [0.1, 0.15) is 6.04 Å². The summed E-state index contributed by atoms with van der Waals surface area (Å²) in [6.45, 7) is 5.30. The molecule has 1 aromatic rings. The summed E-state index contributed by atoms with van der Waals surface area (Å²) in [6.07, 6.45) is 3.76. The summed E-state index contributed by atoms with van der Waals surface area (Å²) in [7, 11) is 0. The molecule has 1 aliphatic rings. The Bertz CT molecular complexity index is 665. The van der Waals surface area contributed by atoms with Gasteiger partial charge in [-0.1, -0.05) is 31.0 Å². The van der Waals surface area contributed by atoms with Crippen molar-refractivity contribution in [3.05, 3.63) is 34.9 Å². The van der Waals surface area contributed by atoms with Crippen LogP contribution in [0.25, 0.3) is 0 Å². The number of hydrogen-bond donors (Lipinski definition) is 3. The summed E-state index contributed by atoms with van der Waals surface area (Å²) >= 11 is 0. The molecule has 0 radical (unpaired) electrons. The van der Waals surface area contributed by atoms with Gasteiger partial charge in [-0.05, 0) is 50.3 Å². The lowest BCUT2D eigenvalue weighted by Crippen LogP contribution is -2.48. The SMILES string of the molecule is Cc1cccc(C(NC(=O)C(C)NC(=O)C2CCCC2)C(=O)O)c1C. The molecule has 6 heteroatoms. The largest absolute Gasteiger partial charge is 0.479 e. The molecular weight excluding hydrogens is 320 g/mol. The van der Waals surface area contributed by atoms with Crippen molar-refractivity contribution in [1.29, 1.82) is 0 Å². The zero-order valence-corrected chi connectivity index (χ0v) is 15.0. The summed E-state index contributed by atoms with van der Waals surface area (Å²) in [6, 6.07) is 3.44. The van der Waals surface area contributed by atoms with Crippen molar-refractivity contribution < 1.29 is 19.5 Å². The molecule has 1 fully saturated rings. The molecule has 0 aliphatic heterocycles. The van der Waals surface area contributed by atoms with E-state index in [0.29, 0.717) is 5.56 Å². The molecule has 2 rings (SSSR count).